The molecule has 134 valence electrons. The van der Waals surface area contributed by atoms with Gasteiger partial charge in [-0.25, -0.2) is 14.8 Å². The molecule has 6 nitrogen and oxygen atoms in total. The Bertz CT molecular complexity index is 954. The zero-order valence-corrected chi connectivity index (χ0v) is 15.6. The minimum Gasteiger partial charge on any atom is -0.449 e. The van der Waals surface area contributed by atoms with E-state index in [9.17, 15) is 9.59 Å². The summed E-state index contributed by atoms with van der Waals surface area (Å²) in [6.07, 6.45) is -0.885. The van der Waals surface area contributed by atoms with Gasteiger partial charge in [-0.3, -0.25) is 4.79 Å². The molecule has 26 heavy (non-hydrogen) atoms. The van der Waals surface area contributed by atoms with E-state index >= 15 is 0 Å². The van der Waals surface area contributed by atoms with Crippen molar-refractivity contribution in [3.05, 3.63) is 57.5 Å². The van der Waals surface area contributed by atoms with Gasteiger partial charge in [-0.05, 0) is 50.4 Å². The van der Waals surface area contributed by atoms with Crippen molar-refractivity contribution in [3.63, 3.8) is 0 Å². The molecule has 0 saturated heterocycles. The van der Waals surface area contributed by atoms with E-state index < -0.39 is 12.1 Å². The van der Waals surface area contributed by atoms with Gasteiger partial charge in [-0.2, -0.15) is 0 Å². The molecule has 1 unspecified atom stereocenters. The van der Waals surface area contributed by atoms with Crippen molar-refractivity contribution in [2.75, 3.05) is 0 Å². The summed E-state index contributed by atoms with van der Waals surface area (Å²) in [5.41, 5.74) is 3.34. The maximum absolute atomic E-state index is 12.3. The van der Waals surface area contributed by atoms with Gasteiger partial charge in [0.05, 0.1) is 34.5 Å². The first-order chi connectivity index (χ1) is 12.4. The number of hydrogen-bond acceptors (Lipinski definition) is 6. The van der Waals surface area contributed by atoms with E-state index in [0.717, 1.165) is 16.3 Å². The first-order valence-electron chi connectivity index (χ1n) is 8.20. The predicted molar refractivity (Wildman–Crippen MR) is 100 cm³/mol. The van der Waals surface area contributed by atoms with Gasteiger partial charge in [0, 0.05) is 4.88 Å². The highest BCUT2D eigenvalue weighted by Gasteiger charge is 2.19. The average Bonchev–Trinajstić information content (AvgIpc) is 3.13. The molecule has 0 aliphatic rings. The number of nitrogens with zero attached hydrogens (tertiary/aromatic N) is 2. The molecule has 0 saturated carbocycles. The Morgan fingerprint density at radius 3 is 2.58 bits per heavy atom. The lowest BCUT2D eigenvalue weighted by Crippen LogP contribution is -2.35. The van der Waals surface area contributed by atoms with Gasteiger partial charge in [0.1, 0.15) is 0 Å². The molecule has 3 aromatic rings. The number of carbonyl (C=O) groups is 2. The van der Waals surface area contributed by atoms with Crippen molar-refractivity contribution in [2.24, 2.45) is 0 Å². The number of nitrogens with one attached hydrogen (secondary N) is 1. The van der Waals surface area contributed by atoms with E-state index in [-0.39, 0.29) is 5.91 Å². The molecule has 2 aromatic heterocycles. The van der Waals surface area contributed by atoms with E-state index in [1.807, 2.05) is 31.4 Å². The van der Waals surface area contributed by atoms with Crippen LogP contribution in [0.1, 0.15) is 33.5 Å². The van der Waals surface area contributed by atoms with Crippen molar-refractivity contribution in [3.8, 4) is 0 Å². The SMILES string of the molecule is Cc1nc2ccc(C(=O)OC(C)C(=O)NCc3cccs3)cc2nc1C. The van der Waals surface area contributed by atoms with Gasteiger partial charge in [0.2, 0.25) is 0 Å². The molecular weight excluding hydrogens is 350 g/mol. The highest BCUT2D eigenvalue weighted by Crippen LogP contribution is 2.16. The van der Waals surface area contributed by atoms with Crippen LogP contribution in [0.5, 0.6) is 0 Å². The minimum absolute atomic E-state index is 0.334. The van der Waals surface area contributed by atoms with E-state index in [2.05, 4.69) is 15.3 Å². The fourth-order valence-electron chi connectivity index (χ4n) is 2.37. The van der Waals surface area contributed by atoms with Gasteiger partial charge in [-0.1, -0.05) is 6.07 Å². The molecule has 3 rings (SSSR count). The summed E-state index contributed by atoms with van der Waals surface area (Å²) in [7, 11) is 0. The highest BCUT2D eigenvalue weighted by molar-refractivity contribution is 7.09. The molecule has 1 N–H and O–H groups in total. The molecule has 2 heterocycles. The Hall–Kier alpha value is -2.80. The second-order valence-corrected chi connectivity index (χ2v) is 6.97. The summed E-state index contributed by atoms with van der Waals surface area (Å²) in [6.45, 7) is 5.73. The van der Waals surface area contributed by atoms with Gasteiger partial charge >= 0.3 is 5.97 Å². The van der Waals surface area contributed by atoms with Crippen LogP contribution in [0.25, 0.3) is 11.0 Å². The first-order valence-corrected chi connectivity index (χ1v) is 9.08. The number of amides is 1. The molecule has 0 aliphatic heterocycles. The van der Waals surface area contributed by atoms with Crippen LogP contribution in [-0.2, 0) is 16.1 Å². The van der Waals surface area contributed by atoms with E-state index in [0.29, 0.717) is 23.1 Å². The number of hydrogen-bond donors (Lipinski definition) is 1. The Morgan fingerprint density at radius 1 is 1.15 bits per heavy atom. The monoisotopic (exact) mass is 369 g/mol. The quantitative estimate of drug-likeness (QED) is 0.699. The van der Waals surface area contributed by atoms with Crippen LogP contribution >= 0.6 is 11.3 Å². The zero-order valence-electron chi connectivity index (χ0n) is 14.8. The third kappa shape index (κ3) is 4.05. The molecule has 0 bridgehead atoms. The van der Waals surface area contributed by atoms with Gasteiger partial charge in [0.15, 0.2) is 6.10 Å². The number of carbonyl (C=O) groups excluding carboxylic acids is 2. The Morgan fingerprint density at radius 2 is 1.88 bits per heavy atom. The average molecular weight is 369 g/mol. The summed E-state index contributed by atoms with van der Waals surface area (Å²) in [6, 6.07) is 8.84. The molecular formula is C19H19N3O3S. The number of rotatable bonds is 5. The third-order valence-electron chi connectivity index (χ3n) is 3.98. The molecule has 0 radical (unpaired) electrons. The number of thiophene rings is 1. The highest BCUT2D eigenvalue weighted by atomic mass is 32.1. The second-order valence-electron chi connectivity index (χ2n) is 5.94. The molecule has 1 atom stereocenters. The molecule has 1 amide bonds. The molecule has 1 aromatic carbocycles. The topological polar surface area (TPSA) is 81.2 Å². The summed E-state index contributed by atoms with van der Waals surface area (Å²) >= 11 is 1.56. The number of esters is 1. The smallest absolute Gasteiger partial charge is 0.338 e. The van der Waals surface area contributed by atoms with E-state index in [1.165, 1.54) is 0 Å². The van der Waals surface area contributed by atoms with Crippen LogP contribution in [0.15, 0.2) is 35.7 Å². The van der Waals surface area contributed by atoms with Gasteiger partial charge in [0.25, 0.3) is 5.91 Å². The second kappa shape index (κ2) is 7.61. The van der Waals surface area contributed by atoms with Gasteiger partial charge in [-0.15, -0.1) is 11.3 Å². The van der Waals surface area contributed by atoms with E-state index in [1.54, 1.807) is 36.5 Å². The number of benzene rings is 1. The molecule has 7 heteroatoms. The van der Waals surface area contributed by atoms with Crippen molar-refractivity contribution in [2.45, 2.75) is 33.4 Å². The maximum Gasteiger partial charge on any atom is 0.338 e. The van der Waals surface area contributed by atoms with Crippen LogP contribution in [0, 0.1) is 13.8 Å². The summed E-state index contributed by atoms with van der Waals surface area (Å²) in [5, 5.41) is 4.70. The normalized spacial score (nSPS) is 12.0. The van der Waals surface area contributed by atoms with Crippen molar-refractivity contribution < 1.29 is 14.3 Å². The lowest BCUT2D eigenvalue weighted by molar-refractivity contribution is -0.129. The molecule has 0 fully saturated rings. The number of ether oxygens (including phenoxy) is 1. The first kappa shape index (κ1) is 18.0. The Kier molecular flexibility index (Phi) is 5.27. The zero-order chi connectivity index (χ0) is 18.7. The number of aryl methyl sites for hydroxylation is 2. The van der Waals surface area contributed by atoms with Gasteiger partial charge < -0.3 is 10.1 Å². The third-order valence-corrected chi connectivity index (χ3v) is 4.86. The fraction of sp³-hybridized carbons (Fsp3) is 0.263. The van der Waals surface area contributed by atoms with Crippen LogP contribution in [0.2, 0.25) is 0 Å². The predicted octanol–water partition coefficient (Wildman–Crippen LogP) is 3.17. The van der Waals surface area contributed by atoms with Crippen LogP contribution < -0.4 is 5.32 Å². The van der Waals surface area contributed by atoms with Crippen LogP contribution in [0.4, 0.5) is 0 Å². The van der Waals surface area contributed by atoms with Crippen molar-refractivity contribution >= 4 is 34.2 Å². The number of fused-ring (bicyclic) bond motifs is 1. The molecule has 0 spiro atoms. The minimum atomic E-state index is -0.885. The maximum atomic E-state index is 12.3. The van der Waals surface area contributed by atoms with Crippen molar-refractivity contribution in [1.82, 2.24) is 15.3 Å². The Labute approximate surface area is 155 Å². The largest absolute Gasteiger partial charge is 0.449 e. The van der Waals surface area contributed by atoms with Crippen LogP contribution in [0.3, 0.4) is 0 Å². The lowest BCUT2D eigenvalue weighted by Gasteiger charge is -2.13. The lowest BCUT2D eigenvalue weighted by atomic mass is 10.2. The summed E-state index contributed by atoms with van der Waals surface area (Å²) < 4.78 is 5.28. The standard InChI is InChI=1S/C19H19N3O3S/c1-11-12(2)22-17-9-14(6-7-16(17)21-11)19(24)25-13(3)18(23)20-10-15-5-4-8-26-15/h4-9,13H,10H2,1-3H3,(H,20,23). The van der Waals surface area contributed by atoms with Crippen molar-refractivity contribution in [1.29, 1.82) is 0 Å². The summed E-state index contributed by atoms with van der Waals surface area (Å²) in [5.74, 6) is -0.899. The Balaban J connectivity index is 1.65. The van der Waals surface area contributed by atoms with Crippen LogP contribution in [-0.4, -0.2) is 27.9 Å². The summed E-state index contributed by atoms with van der Waals surface area (Å²) in [4.78, 5) is 34.3. The van der Waals surface area contributed by atoms with E-state index in [4.69, 9.17) is 4.74 Å². The fourth-order valence-corrected chi connectivity index (χ4v) is 3.02. The number of aromatic nitrogens is 2. The molecule has 0 aliphatic carbocycles.